The average Bonchev–Trinajstić information content (AvgIpc) is 3.02. The van der Waals surface area contributed by atoms with E-state index < -0.39 is 22.5 Å². The van der Waals surface area contributed by atoms with Crippen LogP contribution in [-0.2, 0) is 21.9 Å². The molecule has 0 unspecified atom stereocenters. The van der Waals surface area contributed by atoms with E-state index in [1.165, 1.54) is 18.9 Å². The van der Waals surface area contributed by atoms with Crippen LogP contribution in [0.15, 0.2) is 41.3 Å². The van der Waals surface area contributed by atoms with E-state index in [0.717, 1.165) is 15.4 Å². The molecule has 0 spiro atoms. The summed E-state index contributed by atoms with van der Waals surface area (Å²) in [6.45, 7) is 6.66. The number of nitrogens with one attached hydrogen (secondary N) is 1. The number of ether oxygens (including phenoxy) is 2. The van der Waals surface area contributed by atoms with E-state index >= 15 is 0 Å². The highest BCUT2D eigenvalue weighted by Gasteiger charge is 2.32. The van der Waals surface area contributed by atoms with Gasteiger partial charge in [-0.2, -0.15) is 5.10 Å². The maximum atomic E-state index is 13.9. The molecule has 0 atom stereocenters. The predicted octanol–water partition coefficient (Wildman–Crippen LogP) is 3.50. The highest BCUT2D eigenvalue weighted by molar-refractivity contribution is 7.93. The molecule has 2 aromatic carbocycles. The van der Waals surface area contributed by atoms with Gasteiger partial charge in [0.15, 0.2) is 0 Å². The molecule has 3 aromatic rings. The first kappa shape index (κ1) is 25.1. The van der Waals surface area contributed by atoms with Crippen LogP contribution in [0.2, 0.25) is 0 Å². The van der Waals surface area contributed by atoms with Crippen molar-refractivity contribution in [3.05, 3.63) is 58.9 Å². The predicted molar refractivity (Wildman–Crippen MR) is 131 cm³/mol. The normalized spacial score (nSPS) is 11.3. The lowest BCUT2D eigenvalue weighted by Crippen LogP contribution is -2.38. The fourth-order valence-corrected chi connectivity index (χ4v) is 5.67. The fourth-order valence-electron chi connectivity index (χ4n) is 3.86. The third-order valence-corrected chi connectivity index (χ3v) is 7.43. The number of carbonyl (C=O) groups excluding carboxylic acids is 1. The quantitative estimate of drug-likeness (QED) is 0.523. The maximum Gasteiger partial charge on any atom is 0.268 e. The van der Waals surface area contributed by atoms with Crippen LogP contribution in [0, 0.1) is 27.7 Å². The third-order valence-electron chi connectivity index (χ3n) is 5.41. The van der Waals surface area contributed by atoms with Crippen molar-refractivity contribution >= 4 is 27.3 Å². The van der Waals surface area contributed by atoms with E-state index in [2.05, 4.69) is 10.4 Å². The first-order valence-electron chi connectivity index (χ1n) is 10.6. The number of sulfonamides is 1. The first-order chi connectivity index (χ1) is 16.0. The van der Waals surface area contributed by atoms with Crippen molar-refractivity contribution in [2.45, 2.75) is 32.6 Å². The highest BCUT2D eigenvalue weighted by Crippen LogP contribution is 2.30. The van der Waals surface area contributed by atoms with Gasteiger partial charge in [0, 0.05) is 30.9 Å². The van der Waals surface area contributed by atoms with Gasteiger partial charge in [-0.1, -0.05) is 6.07 Å². The second kappa shape index (κ2) is 9.76. The molecule has 0 radical (unpaired) electrons. The molecule has 9 nitrogen and oxygen atoms in total. The maximum absolute atomic E-state index is 13.9. The minimum Gasteiger partial charge on any atom is -0.497 e. The van der Waals surface area contributed by atoms with Gasteiger partial charge < -0.3 is 14.8 Å². The summed E-state index contributed by atoms with van der Waals surface area (Å²) in [6, 6.07) is 10.4. The Balaban J connectivity index is 2.04. The lowest BCUT2D eigenvalue weighted by molar-refractivity contribution is -0.114. The number of hydrogen-bond donors (Lipinski definition) is 1. The van der Waals surface area contributed by atoms with Crippen LogP contribution in [-0.4, -0.2) is 44.9 Å². The lowest BCUT2D eigenvalue weighted by atomic mass is 10.1. The van der Waals surface area contributed by atoms with Gasteiger partial charge in [0.1, 0.15) is 22.9 Å². The molecule has 0 fully saturated rings. The molecular weight excluding hydrogens is 456 g/mol. The molecular formula is C24H30N4O5S. The van der Waals surface area contributed by atoms with Crippen molar-refractivity contribution in [2.24, 2.45) is 7.05 Å². The summed E-state index contributed by atoms with van der Waals surface area (Å²) in [5.74, 6) is 0.474. The molecule has 10 heteroatoms. The molecule has 0 aliphatic heterocycles. The second-order valence-corrected chi connectivity index (χ2v) is 9.93. The minimum atomic E-state index is -4.10. The zero-order valence-electron chi connectivity index (χ0n) is 20.5. The highest BCUT2D eigenvalue weighted by atomic mass is 32.2. The first-order valence-corrected chi connectivity index (χ1v) is 12.0. The van der Waals surface area contributed by atoms with E-state index in [-0.39, 0.29) is 4.90 Å². The number of aryl methyl sites for hydroxylation is 4. The summed E-state index contributed by atoms with van der Waals surface area (Å²) in [7, 11) is 0.599. The van der Waals surface area contributed by atoms with Crippen molar-refractivity contribution in [3.63, 3.8) is 0 Å². The molecule has 3 rings (SSSR count). The number of aromatic nitrogens is 2. The van der Waals surface area contributed by atoms with Crippen LogP contribution in [0.3, 0.4) is 0 Å². The Morgan fingerprint density at radius 2 is 1.53 bits per heavy atom. The molecule has 0 saturated heterocycles. The summed E-state index contributed by atoms with van der Waals surface area (Å²) in [5, 5.41) is 7.01. The molecule has 182 valence electrons. The molecule has 0 aliphatic carbocycles. The van der Waals surface area contributed by atoms with Gasteiger partial charge in [0.25, 0.3) is 10.0 Å². The number of carbonyl (C=O) groups is 1. The average molecular weight is 487 g/mol. The number of nitrogens with zero attached hydrogens (tertiary/aromatic N) is 3. The smallest absolute Gasteiger partial charge is 0.268 e. The van der Waals surface area contributed by atoms with E-state index in [9.17, 15) is 13.2 Å². The van der Waals surface area contributed by atoms with Crippen molar-refractivity contribution in [3.8, 4) is 11.5 Å². The Morgan fingerprint density at radius 1 is 0.971 bits per heavy atom. The lowest BCUT2D eigenvalue weighted by Gasteiger charge is -2.25. The van der Waals surface area contributed by atoms with Crippen molar-refractivity contribution < 1.29 is 22.7 Å². The van der Waals surface area contributed by atoms with Crippen LogP contribution in [0.5, 0.6) is 11.5 Å². The van der Waals surface area contributed by atoms with Crippen LogP contribution < -0.4 is 19.1 Å². The summed E-state index contributed by atoms with van der Waals surface area (Å²) in [5.41, 5.74) is 3.45. The second-order valence-electron chi connectivity index (χ2n) is 8.13. The third kappa shape index (κ3) is 5.17. The van der Waals surface area contributed by atoms with Gasteiger partial charge in [-0.25, -0.2) is 8.42 Å². The van der Waals surface area contributed by atoms with Gasteiger partial charge in [0.2, 0.25) is 5.91 Å². The van der Waals surface area contributed by atoms with Crippen molar-refractivity contribution in [1.29, 1.82) is 0 Å². The van der Waals surface area contributed by atoms with E-state index in [1.54, 1.807) is 51.2 Å². The number of hydrogen-bond acceptors (Lipinski definition) is 6. The van der Waals surface area contributed by atoms with Crippen LogP contribution >= 0.6 is 0 Å². The summed E-state index contributed by atoms with van der Waals surface area (Å²) < 4.78 is 40.8. The molecule has 1 amide bonds. The largest absolute Gasteiger partial charge is 0.497 e. The SMILES string of the molecule is COc1cc(NC(=O)CN(c2cc(C)cc(C)c2)S(=O)(=O)c2c(C)nn(C)c2C)cc(OC)c1. The number of methoxy groups -OCH3 is 2. The van der Waals surface area contributed by atoms with Gasteiger partial charge in [-0.15, -0.1) is 0 Å². The summed E-state index contributed by atoms with van der Waals surface area (Å²) >= 11 is 0. The Labute approximate surface area is 200 Å². The molecule has 34 heavy (non-hydrogen) atoms. The van der Waals surface area contributed by atoms with Crippen LogP contribution in [0.25, 0.3) is 0 Å². The van der Waals surface area contributed by atoms with E-state index in [1.807, 2.05) is 19.9 Å². The molecule has 0 bridgehead atoms. The number of rotatable bonds is 8. The Morgan fingerprint density at radius 3 is 2.00 bits per heavy atom. The zero-order chi connectivity index (χ0) is 25.2. The topological polar surface area (TPSA) is 103 Å². The van der Waals surface area contributed by atoms with Gasteiger partial charge >= 0.3 is 0 Å². The molecule has 1 heterocycles. The fraction of sp³-hybridized carbons (Fsp3) is 0.333. The molecule has 1 aromatic heterocycles. The minimum absolute atomic E-state index is 0.0880. The summed E-state index contributed by atoms with van der Waals surface area (Å²) in [4.78, 5) is 13.2. The Bertz CT molecular complexity index is 1290. The Kier molecular flexibility index (Phi) is 7.21. The van der Waals surface area contributed by atoms with Crippen molar-refractivity contribution in [1.82, 2.24) is 9.78 Å². The van der Waals surface area contributed by atoms with Gasteiger partial charge in [-0.3, -0.25) is 13.8 Å². The zero-order valence-corrected chi connectivity index (χ0v) is 21.3. The van der Waals surface area contributed by atoms with E-state index in [0.29, 0.717) is 34.3 Å². The van der Waals surface area contributed by atoms with Gasteiger partial charge in [-0.05, 0) is 51.0 Å². The van der Waals surface area contributed by atoms with Crippen molar-refractivity contribution in [2.75, 3.05) is 30.4 Å². The molecule has 0 aliphatic rings. The van der Waals surface area contributed by atoms with Crippen LogP contribution in [0.1, 0.15) is 22.5 Å². The molecule has 0 saturated carbocycles. The van der Waals surface area contributed by atoms with Gasteiger partial charge in [0.05, 0.1) is 31.3 Å². The standard InChI is InChI=1S/C24H30N4O5S/c1-15-8-16(2)10-20(9-15)28(34(30,31)24-17(3)26-27(5)18(24)4)14-23(29)25-19-11-21(32-6)13-22(12-19)33-7/h8-13H,14H2,1-7H3,(H,25,29). The monoisotopic (exact) mass is 486 g/mol. The number of anilines is 2. The van der Waals surface area contributed by atoms with Crippen LogP contribution in [0.4, 0.5) is 11.4 Å². The summed E-state index contributed by atoms with van der Waals surface area (Å²) in [6.07, 6.45) is 0. The van der Waals surface area contributed by atoms with E-state index in [4.69, 9.17) is 9.47 Å². The number of benzene rings is 2. The Hall–Kier alpha value is -3.53. The number of amides is 1. The molecule has 1 N–H and O–H groups in total.